The third-order valence-corrected chi connectivity index (χ3v) is 4.01. The Balaban J connectivity index is 2.04. The topological polar surface area (TPSA) is 67.4 Å². The molecule has 138 valence electrons. The van der Waals surface area contributed by atoms with Gasteiger partial charge >= 0.3 is 0 Å². The quantitative estimate of drug-likeness (QED) is 0.706. The first kappa shape index (κ1) is 19.5. The number of para-hydroxylation sites is 2. The van der Waals surface area contributed by atoms with E-state index in [2.05, 4.69) is 17.6 Å². The monoisotopic (exact) mass is 354 g/mol. The molecule has 5 heteroatoms. The number of hydrogen-bond acceptors (Lipinski definition) is 3. The molecule has 0 saturated carbocycles. The minimum Gasteiger partial charge on any atom is -0.481 e. The second kappa shape index (κ2) is 9.61. The van der Waals surface area contributed by atoms with E-state index >= 15 is 0 Å². The fourth-order valence-electron chi connectivity index (χ4n) is 2.43. The summed E-state index contributed by atoms with van der Waals surface area (Å²) in [5.41, 5.74) is 1.88. The van der Waals surface area contributed by atoms with Gasteiger partial charge in [0.05, 0.1) is 11.3 Å². The van der Waals surface area contributed by atoms with Crippen molar-refractivity contribution >= 4 is 17.5 Å². The molecular formula is C21H26N2O3. The first-order valence-electron chi connectivity index (χ1n) is 8.93. The summed E-state index contributed by atoms with van der Waals surface area (Å²) in [5.74, 6) is 0.171. The van der Waals surface area contributed by atoms with Crippen LogP contribution in [0.25, 0.3) is 0 Å². The smallest absolute Gasteiger partial charge is 0.265 e. The molecule has 2 N–H and O–H groups in total. The average molecular weight is 354 g/mol. The molecule has 5 nitrogen and oxygen atoms in total. The molecule has 0 aliphatic carbocycles. The van der Waals surface area contributed by atoms with Crippen molar-refractivity contribution in [2.45, 2.75) is 39.7 Å². The van der Waals surface area contributed by atoms with E-state index in [0.717, 1.165) is 18.4 Å². The number of amides is 2. The number of ether oxygens (including phenoxy) is 1. The lowest BCUT2D eigenvalue weighted by atomic mass is 10.1. The summed E-state index contributed by atoms with van der Waals surface area (Å²) in [6.07, 6.45) is 1.24. The minimum atomic E-state index is -0.688. The third kappa shape index (κ3) is 5.34. The fourth-order valence-corrected chi connectivity index (χ4v) is 2.43. The molecule has 1 atom stereocenters. The van der Waals surface area contributed by atoms with E-state index in [9.17, 15) is 9.59 Å². The highest BCUT2D eigenvalue weighted by Crippen LogP contribution is 2.19. The summed E-state index contributed by atoms with van der Waals surface area (Å²) >= 11 is 0. The number of rotatable bonds is 8. The van der Waals surface area contributed by atoms with E-state index in [-0.39, 0.29) is 11.8 Å². The number of anilines is 1. The normalized spacial score (nSPS) is 11.5. The van der Waals surface area contributed by atoms with Crippen LogP contribution in [0.4, 0.5) is 5.69 Å². The number of aryl methyl sites for hydroxylation is 1. The zero-order valence-corrected chi connectivity index (χ0v) is 15.5. The van der Waals surface area contributed by atoms with Gasteiger partial charge in [0, 0.05) is 6.54 Å². The Morgan fingerprint density at radius 2 is 1.77 bits per heavy atom. The second-order valence-electron chi connectivity index (χ2n) is 6.17. The van der Waals surface area contributed by atoms with Crippen molar-refractivity contribution in [3.05, 3.63) is 59.7 Å². The van der Waals surface area contributed by atoms with Crippen LogP contribution in [0.3, 0.4) is 0 Å². The molecule has 2 aromatic carbocycles. The molecule has 26 heavy (non-hydrogen) atoms. The summed E-state index contributed by atoms with van der Waals surface area (Å²) < 4.78 is 5.75. The van der Waals surface area contributed by atoms with E-state index in [1.54, 1.807) is 31.2 Å². The van der Waals surface area contributed by atoms with Crippen molar-refractivity contribution in [3.8, 4) is 5.75 Å². The number of hydrogen-bond donors (Lipinski definition) is 2. The summed E-state index contributed by atoms with van der Waals surface area (Å²) in [6, 6.07) is 14.5. The highest BCUT2D eigenvalue weighted by atomic mass is 16.5. The zero-order chi connectivity index (χ0) is 18.9. The molecule has 0 aliphatic rings. The van der Waals surface area contributed by atoms with Crippen LogP contribution in [0.2, 0.25) is 0 Å². The maximum Gasteiger partial charge on any atom is 0.265 e. The lowest BCUT2D eigenvalue weighted by Gasteiger charge is -2.17. The number of unbranched alkanes of at least 4 members (excludes halogenated alkanes) is 1. The van der Waals surface area contributed by atoms with Crippen LogP contribution in [0.1, 0.15) is 42.6 Å². The molecule has 0 radical (unpaired) electrons. The third-order valence-electron chi connectivity index (χ3n) is 4.01. The Morgan fingerprint density at radius 3 is 2.50 bits per heavy atom. The van der Waals surface area contributed by atoms with E-state index in [0.29, 0.717) is 23.5 Å². The standard InChI is InChI=1S/C21H26N2O3/c1-4-5-14-22-21(25)17-11-7-8-12-18(17)23-20(24)16(3)26-19-13-9-6-10-15(19)2/h6-13,16H,4-5,14H2,1-3H3,(H,22,25)(H,23,24)/t16-/m1/s1. The maximum atomic E-state index is 12.5. The lowest BCUT2D eigenvalue weighted by molar-refractivity contribution is -0.122. The first-order chi connectivity index (χ1) is 12.5. The van der Waals surface area contributed by atoms with Crippen molar-refractivity contribution in [1.82, 2.24) is 5.32 Å². The van der Waals surface area contributed by atoms with Crippen molar-refractivity contribution in [3.63, 3.8) is 0 Å². The van der Waals surface area contributed by atoms with Crippen LogP contribution in [-0.4, -0.2) is 24.5 Å². The van der Waals surface area contributed by atoms with Crippen LogP contribution >= 0.6 is 0 Å². The molecule has 0 spiro atoms. The molecule has 0 heterocycles. The van der Waals surface area contributed by atoms with Gasteiger partial charge in [-0.25, -0.2) is 0 Å². The predicted molar refractivity (Wildman–Crippen MR) is 104 cm³/mol. The predicted octanol–water partition coefficient (Wildman–Crippen LogP) is 3.93. The molecule has 2 rings (SSSR count). The van der Waals surface area contributed by atoms with Crippen LogP contribution in [0, 0.1) is 6.92 Å². The first-order valence-corrected chi connectivity index (χ1v) is 8.93. The Morgan fingerprint density at radius 1 is 1.08 bits per heavy atom. The van der Waals surface area contributed by atoms with Gasteiger partial charge < -0.3 is 15.4 Å². The van der Waals surface area contributed by atoms with Gasteiger partial charge in [-0.05, 0) is 44.0 Å². The molecule has 0 fully saturated rings. The Labute approximate surface area is 154 Å². The van der Waals surface area contributed by atoms with Crippen molar-refractivity contribution in [2.24, 2.45) is 0 Å². The van der Waals surface area contributed by atoms with E-state index in [4.69, 9.17) is 4.74 Å². The van der Waals surface area contributed by atoms with Crippen LogP contribution in [0.5, 0.6) is 5.75 Å². The van der Waals surface area contributed by atoms with Gasteiger partial charge in [-0.3, -0.25) is 9.59 Å². The lowest BCUT2D eigenvalue weighted by Crippen LogP contribution is -2.32. The highest BCUT2D eigenvalue weighted by molar-refractivity contribution is 6.04. The van der Waals surface area contributed by atoms with E-state index < -0.39 is 6.10 Å². The second-order valence-corrected chi connectivity index (χ2v) is 6.17. The van der Waals surface area contributed by atoms with Crippen molar-refractivity contribution in [2.75, 3.05) is 11.9 Å². The minimum absolute atomic E-state index is 0.193. The fraction of sp³-hybridized carbons (Fsp3) is 0.333. The number of nitrogens with one attached hydrogen (secondary N) is 2. The van der Waals surface area contributed by atoms with Gasteiger partial charge in [0.1, 0.15) is 5.75 Å². The van der Waals surface area contributed by atoms with Crippen LogP contribution in [-0.2, 0) is 4.79 Å². The van der Waals surface area contributed by atoms with Crippen LogP contribution in [0.15, 0.2) is 48.5 Å². The van der Waals surface area contributed by atoms with Gasteiger partial charge in [-0.1, -0.05) is 43.7 Å². The number of carbonyl (C=O) groups is 2. The summed E-state index contributed by atoms with van der Waals surface area (Å²) in [7, 11) is 0. The average Bonchev–Trinajstić information content (AvgIpc) is 2.64. The van der Waals surface area contributed by atoms with Crippen molar-refractivity contribution in [1.29, 1.82) is 0 Å². The van der Waals surface area contributed by atoms with Gasteiger partial charge in [0.15, 0.2) is 6.10 Å². The highest BCUT2D eigenvalue weighted by Gasteiger charge is 2.18. The summed E-state index contributed by atoms with van der Waals surface area (Å²) in [4.78, 5) is 24.8. The molecule has 0 saturated heterocycles. The Hall–Kier alpha value is -2.82. The molecule has 0 aromatic heterocycles. The molecule has 0 bridgehead atoms. The number of carbonyl (C=O) groups excluding carboxylic acids is 2. The molecule has 2 aromatic rings. The summed E-state index contributed by atoms with van der Waals surface area (Å²) in [5, 5.41) is 5.67. The van der Waals surface area contributed by atoms with E-state index in [1.807, 2.05) is 31.2 Å². The molecule has 2 amide bonds. The molecule has 0 unspecified atom stereocenters. The maximum absolute atomic E-state index is 12.5. The van der Waals surface area contributed by atoms with Gasteiger partial charge in [0.25, 0.3) is 11.8 Å². The van der Waals surface area contributed by atoms with Gasteiger partial charge in [-0.15, -0.1) is 0 Å². The summed E-state index contributed by atoms with van der Waals surface area (Å²) in [6.45, 7) is 6.29. The largest absolute Gasteiger partial charge is 0.481 e. The SMILES string of the molecule is CCCCNC(=O)c1ccccc1NC(=O)[C@@H](C)Oc1ccccc1C. The van der Waals surface area contributed by atoms with Gasteiger partial charge in [0.2, 0.25) is 0 Å². The van der Waals surface area contributed by atoms with E-state index in [1.165, 1.54) is 0 Å². The zero-order valence-electron chi connectivity index (χ0n) is 15.5. The van der Waals surface area contributed by atoms with Gasteiger partial charge in [-0.2, -0.15) is 0 Å². The number of benzene rings is 2. The Kier molecular flexibility index (Phi) is 7.21. The molecular weight excluding hydrogens is 328 g/mol. The van der Waals surface area contributed by atoms with Crippen LogP contribution < -0.4 is 15.4 Å². The molecule has 0 aliphatic heterocycles. The Bertz CT molecular complexity index is 758. The van der Waals surface area contributed by atoms with Crippen molar-refractivity contribution < 1.29 is 14.3 Å².